The Kier molecular flexibility index (Phi) is 6.13. The molecule has 0 radical (unpaired) electrons. The van der Waals surface area contributed by atoms with Gasteiger partial charge in [-0.2, -0.15) is 0 Å². The summed E-state index contributed by atoms with van der Waals surface area (Å²) in [5, 5.41) is 15.6. The second kappa shape index (κ2) is 9.15. The van der Waals surface area contributed by atoms with Crippen LogP contribution >= 0.6 is 11.3 Å². The highest BCUT2D eigenvalue weighted by molar-refractivity contribution is 7.14. The summed E-state index contributed by atoms with van der Waals surface area (Å²) in [6.45, 7) is 1.68. The van der Waals surface area contributed by atoms with Crippen LogP contribution in [0.3, 0.4) is 0 Å². The fourth-order valence-electron chi connectivity index (χ4n) is 3.25. The van der Waals surface area contributed by atoms with Crippen molar-refractivity contribution in [2.75, 3.05) is 11.9 Å². The first-order valence-electron chi connectivity index (χ1n) is 9.83. The van der Waals surface area contributed by atoms with Crippen LogP contribution in [0.25, 0.3) is 11.3 Å². The molecule has 2 atom stereocenters. The van der Waals surface area contributed by atoms with Gasteiger partial charge in [0.05, 0.1) is 16.5 Å². The number of fused-ring (bicyclic) bond motifs is 1. The van der Waals surface area contributed by atoms with E-state index in [-0.39, 0.29) is 12.3 Å². The number of thiazole rings is 1. The molecule has 0 saturated carbocycles. The van der Waals surface area contributed by atoms with E-state index in [1.165, 1.54) is 30.4 Å². The molecule has 9 nitrogen and oxygen atoms in total. The number of nitrogens with one attached hydrogen (secondary N) is 1. The van der Waals surface area contributed by atoms with Gasteiger partial charge in [-0.1, -0.05) is 30.3 Å². The van der Waals surface area contributed by atoms with Crippen molar-refractivity contribution >= 4 is 34.0 Å². The molecule has 1 aliphatic heterocycles. The number of carbonyl (C=O) groups excluding carboxylic acids is 2. The first-order valence-corrected chi connectivity index (χ1v) is 10.7. The van der Waals surface area contributed by atoms with Crippen LogP contribution in [0.5, 0.6) is 5.75 Å². The lowest BCUT2D eigenvalue weighted by atomic mass is 9.97. The third-order valence-corrected chi connectivity index (χ3v) is 5.72. The molecular weight excluding hydrogens is 434 g/mol. The molecule has 3 aromatic rings. The number of rotatable bonds is 6. The summed E-state index contributed by atoms with van der Waals surface area (Å²) < 4.78 is 11.0. The van der Waals surface area contributed by atoms with Crippen molar-refractivity contribution in [3.8, 4) is 17.0 Å². The molecule has 32 heavy (non-hydrogen) atoms. The summed E-state index contributed by atoms with van der Waals surface area (Å²) in [5.41, 5.74) is 1.94. The van der Waals surface area contributed by atoms with E-state index in [2.05, 4.69) is 10.3 Å². The molecule has 0 bridgehead atoms. The molecule has 1 N–H and O–H groups in total. The molecule has 10 heteroatoms. The zero-order chi connectivity index (χ0) is 22.7. The van der Waals surface area contributed by atoms with E-state index in [1.807, 2.05) is 24.3 Å². The predicted octanol–water partition coefficient (Wildman–Crippen LogP) is 3.84. The maximum absolute atomic E-state index is 12.5. The summed E-state index contributed by atoms with van der Waals surface area (Å²) >= 11 is 1.17. The van der Waals surface area contributed by atoms with Gasteiger partial charge < -0.3 is 9.47 Å². The number of nitrogens with zero attached hydrogens (tertiary/aromatic N) is 2. The zero-order valence-electron chi connectivity index (χ0n) is 17.0. The van der Waals surface area contributed by atoms with Gasteiger partial charge in [-0.05, 0) is 25.0 Å². The van der Waals surface area contributed by atoms with Crippen LogP contribution in [0, 0.1) is 16.0 Å². The third-order valence-electron chi connectivity index (χ3n) is 4.96. The number of amides is 1. The summed E-state index contributed by atoms with van der Waals surface area (Å²) in [7, 11) is 0. The minimum absolute atomic E-state index is 0.0454. The van der Waals surface area contributed by atoms with Crippen LogP contribution in [0.1, 0.15) is 12.5 Å². The van der Waals surface area contributed by atoms with Crippen molar-refractivity contribution in [2.24, 2.45) is 5.92 Å². The summed E-state index contributed by atoms with van der Waals surface area (Å²) in [6.07, 6.45) is -0.535. The first-order chi connectivity index (χ1) is 15.4. The molecule has 2 unspecified atom stereocenters. The van der Waals surface area contributed by atoms with Gasteiger partial charge in [0.25, 0.3) is 11.6 Å². The van der Waals surface area contributed by atoms with Crippen LogP contribution in [0.2, 0.25) is 0 Å². The highest BCUT2D eigenvalue weighted by Crippen LogP contribution is 2.29. The lowest BCUT2D eigenvalue weighted by Crippen LogP contribution is -2.36. The molecule has 4 rings (SSSR count). The zero-order valence-corrected chi connectivity index (χ0v) is 17.8. The van der Waals surface area contributed by atoms with Crippen molar-refractivity contribution in [3.63, 3.8) is 0 Å². The lowest BCUT2D eigenvalue weighted by molar-refractivity contribution is -0.384. The maximum Gasteiger partial charge on any atom is 0.313 e. The van der Waals surface area contributed by atoms with Crippen LogP contribution < -0.4 is 10.1 Å². The molecule has 0 spiro atoms. The SMILES string of the molecule is CC(OC(=O)C1COc2ccccc2C1)C(=O)Nc1nc(-c2cccc([N+](=O)[O-])c2)cs1. The van der Waals surface area contributed by atoms with Crippen molar-refractivity contribution in [1.29, 1.82) is 0 Å². The van der Waals surface area contributed by atoms with E-state index in [9.17, 15) is 19.7 Å². The molecule has 1 aliphatic rings. The van der Waals surface area contributed by atoms with Crippen LogP contribution in [-0.4, -0.2) is 34.5 Å². The summed E-state index contributed by atoms with van der Waals surface area (Å²) in [4.78, 5) is 39.8. The predicted molar refractivity (Wildman–Crippen MR) is 118 cm³/mol. The molecule has 0 aliphatic carbocycles. The number of ether oxygens (including phenoxy) is 2. The van der Waals surface area contributed by atoms with Crippen LogP contribution in [0.15, 0.2) is 53.9 Å². The Hall–Kier alpha value is -3.79. The minimum Gasteiger partial charge on any atom is -0.492 e. The number of non-ortho nitro benzene ring substituents is 1. The molecule has 1 aromatic heterocycles. The minimum atomic E-state index is -1.02. The van der Waals surface area contributed by atoms with E-state index < -0.39 is 28.8 Å². The third kappa shape index (κ3) is 4.75. The highest BCUT2D eigenvalue weighted by Gasteiger charge is 2.30. The van der Waals surface area contributed by atoms with Crippen molar-refractivity contribution in [2.45, 2.75) is 19.4 Å². The fourth-order valence-corrected chi connectivity index (χ4v) is 3.98. The van der Waals surface area contributed by atoms with Crippen molar-refractivity contribution in [3.05, 3.63) is 69.6 Å². The standard InChI is InChI=1S/C22H19N3O6S/c1-13(31-21(27)16-9-15-5-2-3-8-19(15)30-11-16)20(26)24-22-23-18(12-32-22)14-6-4-7-17(10-14)25(28)29/h2-8,10,12-13,16H,9,11H2,1H3,(H,23,24,26). The Balaban J connectivity index is 1.35. The van der Waals surface area contributed by atoms with Gasteiger partial charge in [-0.3, -0.25) is 25.0 Å². The second-order valence-corrected chi connectivity index (χ2v) is 8.09. The van der Waals surface area contributed by atoms with Crippen molar-refractivity contribution < 1.29 is 24.0 Å². The van der Waals surface area contributed by atoms with E-state index in [4.69, 9.17) is 9.47 Å². The average Bonchev–Trinajstić information content (AvgIpc) is 3.27. The summed E-state index contributed by atoms with van der Waals surface area (Å²) in [6, 6.07) is 13.6. The van der Waals surface area contributed by atoms with Crippen LogP contribution in [0.4, 0.5) is 10.8 Å². The van der Waals surface area contributed by atoms with Gasteiger partial charge in [0, 0.05) is 23.1 Å². The summed E-state index contributed by atoms with van der Waals surface area (Å²) in [5.74, 6) is -0.750. The smallest absolute Gasteiger partial charge is 0.313 e. The molecule has 0 saturated heterocycles. The number of carbonyl (C=O) groups is 2. The molecule has 1 amide bonds. The Bertz CT molecular complexity index is 1180. The average molecular weight is 453 g/mol. The first kappa shape index (κ1) is 21.4. The van der Waals surface area contributed by atoms with E-state index >= 15 is 0 Å². The molecule has 164 valence electrons. The molecule has 0 fully saturated rings. The fraction of sp³-hybridized carbons (Fsp3) is 0.227. The van der Waals surface area contributed by atoms with E-state index in [1.54, 1.807) is 17.5 Å². The monoisotopic (exact) mass is 453 g/mol. The van der Waals surface area contributed by atoms with Gasteiger partial charge in [-0.25, -0.2) is 4.98 Å². The van der Waals surface area contributed by atoms with Crippen molar-refractivity contribution in [1.82, 2.24) is 4.98 Å². The van der Waals surface area contributed by atoms with E-state index in [0.29, 0.717) is 22.8 Å². The number of hydrogen-bond donors (Lipinski definition) is 1. The number of esters is 1. The topological polar surface area (TPSA) is 121 Å². The highest BCUT2D eigenvalue weighted by atomic mass is 32.1. The largest absolute Gasteiger partial charge is 0.492 e. The number of para-hydroxylation sites is 1. The Morgan fingerprint density at radius 1 is 1.28 bits per heavy atom. The van der Waals surface area contributed by atoms with Gasteiger partial charge >= 0.3 is 5.97 Å². The number of nitro benzene ring substituents is 1. The number of aromatic nitrogens is 1. The van der Waals surface area contributed by atoms with Gasteiger partial charge in [-0.15, -0.1) is 11.3 Å². The van der Waals surface area contributed by atoms with Gasteiger partial charge in [0.1, 0.15) is 12.4 Å². The number of anilines is 1. The molecule has 2 heterocycles. The number of nitro groups is 1. The van der Waals surface area contributed by atoms with E-state index in [0.717, 1.165) is 11.3 Å². The second-order valence-electron chi connectivity index (χ2n) is 7.23. The molecular formula is C22H19N3O6S. The number of hydrogen-bond acceptors (Lipinski definition) is 8. The lowest BCUT2D eigenvalue weighted by Gasteiger charge is -2.24. The molecule has 2 aromatic carbocycles. The van der Waals surface area contributed by atoms with Crippen LogP contribution in [-0.2, 0) is 20.7 Å². The Morgan fingerprint density at radius 2 is 2.09 bits per heavy atom. The normalized spacial score (nSPS) is 15.7. The number of benzene rings is 2. The Labute approximate surface area is 187 Å². The van der Waals surface area contributed by atoms with Gasteiger partial charge in [0.2, 0.25) is 0 Å². The Morgan fingerprint density at radius 3 is 2.91 bits per heavy atom. The maximum atomic E-state index is 12.5. The quantitative estimate of drug-likeness (QED) is 0.342. The van der Waals surface area contributed by atoms with Gasteiger partial charge in [0.15, 0.2) is 11.2 Å².